The highest BCUT2D eigenvalue weighted by atomic mass is 16.5. The molecule has 4 aromatic carbocycles. The number of nitrogens with zero attached hydrogens (tertiary/aromatic N) is 4. The number of fused-ring (bicyclic) bond motifs is 3. The lowest BCUT2D eigenvalue weighted by Crippen LogP contribution is -2.20. The zero-order valence-corrected chi connectivity index (χ0v) is 24.9. The zero-order valence-electron chi connectivity index (χ0n) is 24.9. The summed E-state index contributed by atoms with van der Waals surface area (Å²) in [5, 5.41) is 9.82. The Kier molecular flexibility index (Phi) is 6.98. The number of carbonyl (C=O) groups is 1. The SMILES string of the molecule is COc1cccc2oc(-c3nc4ccccc4c(=O)n3N=Cc3c(C)n(CC(=O)Nc4ccccc4C)c4ccccc34)cc12. The summed E-state index contributed by atoms with van der Waals surface area (Å²) < 4.78 is 14.9. The number of furan rings is 1. The fraction of sp³-hybridized carbons (Fsp3) is 0.111. The van der Waals surface area contributed by atoms with Crippen LogP contribution >= 0.6 is 0 Å². The molecule has 3 aromatic heterocycles. The maximum atomic E-state index is 13.9. The molecular formula is C36H29N5O4. The number of anilines is 1. The fourth-order valence-electron chi connectivity index (χ4n) is 5.70. The van der Waals surface area contributed by atoms with Crippen molar-refractivity contribution in [2.75, 3.05) is 12.4 Å². The highest BCUT2D eigenvalue weighted by Gasteiger charge is 2.19. The number of ether oxygens (including phenoxy) is 1. The Morgan fingerprint density at radius 2 is 1.69 bits per heavy atom. The normalized spacial score (nSPS) is 11.6. The van der Waals surface area contributed by atoms with Crippen LogP contribution in [0, 0.1) is 13.8 Å². The predicted molar refractivity (Wildman–Crippen MR) is 177 cm³/mol. The molecule has 0 radical (unpaired) electrons. The van der Waals surface area contributed by atoms with Crippen molar-refractivity contribution in [2.24, 2.45) is 5.10 Å². The largest absolute Gasteiger partial charge is 0.496 e. The van der Waals surface area contributed by atoms with Gasteiger partial charge in [0.1, 0.15) is 17.9 Å². The van der Waals surface area contributed by atoms with E-state index in [1.54, 1.807) is 37.6 Å². The first-order valence-corrected chi connectivity index (χ1v) is 14.5. The van der Waals surface area contributed by atoms with E-state index in [4.69, 9.17) is 19.2 Å². The minimum absolute atomic E-state index is 0.109. The maximum absolute atomic E-state index is 13.9. The van der Waals surface area contributed by atoms with Gasteiger partial charge in [-0.3, -0.25) is 9.59 Å². The van der Waals surface area contributed by atoms with Gasteiger partial charge in [-0.05, 0) is 61.9 Å². The molecule has 0 spiro atoms. The Bertz CT molecular complexity index is 2340. The molecule has 7 aromatic rings. The number of aromatic nitrogens is 3. The molecule has 9 nitrogen and oxygen atoms in total. The molecule has 3 heterocycles. The summed E-state index contributed by atoms with van der Waals surface area (Å²) in [6, 6.07) is 30.0. The van der Waals surface area contributed by atoms with Gasteiger partial charge >= 0.3 is 0 Å². The molecule has 9 heteroatoms. The molecule has 0 atom stereocenters. The number of methoxy groups -OCH3 is 1. The molecule has 0 unspecified atom stereocenters. The van der Waals surface area contributed by atoms with Gasteiger partial charge in [0.25, 0.3) is 5.56 Å². The van der Waals surface area contributed by atoms with E-state index in [1.807, 2.05) is 91.2 Å². The molecule has 1 N–H and O–H groups in total. The quantitative estimate of drug-likeness (QED) is 0.202. The van der Waals surface area contributed by atoms with Crippen LogP contribution in [0.1, 0.15) is 16.8 Å². The van der Waals surface area contributed by atoms with Gasteiger partial charge in [-0.25, -0.2) is 4.98 Å². The van der Waals surface area contributed by atoms with E-state index in [1.165, 1.54) is 4.68 Å². The van der Waals surface area contributed by atoms with E-state index in [-0.39, 0.29) is 23.8 Å². The highest BCUT2D eigenvalue weighted by Crippen LogP contribution is 2.33. The van der Waals surface area contributed by atoms with Crippen molar-refractivity contribution >= 4 is 50.6 Å². The van der Waals surface area contributed by atoms with Crippen LogP contribution in [-0.4, -0.2) is 33.5 Å². The number of carbonyl (C=O) groups excluding carboxylic acids is 1. The van der Waals surface area contributed by atoms with Crippen molar-refractivity contribution in [2.45, 2.75) is 20.4 Å². The average Bonchev–Trinajstić information content (AvgIpc) is 3.60. The predicted octanol–water partition coefficient (Wildman–Crippen LogP) is 6.91. The molecule has 0 aliphatic heterocycles. The minimum Gasteiger partial charge on any atom is -0.496 e. The van der Waals surface area contributed by atoms with Crippen LogP contribution < -0.4 is 15.6 Å². The molecule has 0 fully saturated rings. The molecule has 7 rings (SSSR count). The zero-order chi connectivity index (χ0) is 31.1. The van der Waals surface area contributed by atoms with Crippen molar-refractivity contribution in [3.05, 3.63) is 124 Å². The summed E-state index contributed by atoms with van der Waals surface area (Å²) in [7, 11) is 1.60. The van der Waals surface area contributed by atoms with E-state index >= 15 is 0 Å². The topological polar surface area (TPSA) is 104 Å². The second kappa shape index (κ2) is 11.3. The minimum atomic E-state index is -0.335. The van der Waals surface area contributed by atoms with Crippen molar-refractivity contribution in [1.82, 2.24) is 14.2 Å². The van der Waals surface area contributed by atoms with Crippen molar-refractivity contribution in [1.29, 1.82) is 0 Å². The Hall–Kier alpha value is -5.96. The molecule has 222 valence electrons. The molecule has 0 saturated heterocycles. The Balaban J connectivity index is 1.34. The summed E-state index contributed by atoms with van der Waals surface area (Å²) in [5.74, 6) is 1.14. The molecule has 0 saturated carbocycles. The van der Waals surface area contributed by atoms with E-state index in [0.717, 1.165) is 38.8 Å². The monoisotopic (exact) mass is 595 g/mol. The third-order valence-corrected chi connectivity index (χ3v) is 8.02. The number of aryl methyl sites for hydroxylation is 1. The third kappa shape index (κ3) is 4.94. The molecular weight excluding hydrogens is 566 g/mol. The van der Waals surface area contributed by atoms with E-state index in [9.17, 15) is 9.59 Å². The number of benzene rings is 4. The summed E-state index contributed by atoms with van der Waals surface area (Å²) in [4.78, 5) is 31.8. The number of amides is 1. The second-order valence-corrected chi connectivity index (χ2v) is 10.8. The second-order valence-electron chi connectivity index (χ2n) is 10.8. The molecule has 45 heavy (non-hydrogen) atoms. The standard InChI is InChI=1S/C36H29N5O4/c1-22-11-4-7-14-28(22)38-34(42)21-40-23(2)27(24-12-6-9-16-30(24)40)20-37-41-35(39-29-15-8-5-13-25(29)36(41)43)33-19-26-31(44-3)17-10-18-32(26)45-33/h4-20H,21H2,1-3H3,(H,38,42). The van der Waals surface area contributed by atoms with Gasteiger partial charge in [0.2, 0.25) is 11.7 Å². The first-order chi connectivity index (χ1) is 21.9. The fourth-order valence-corrected chi connectivity index (χ4v) is 5.70. The number of rotatable bonds is 7. The van der Waals surface area contributed by atoms with Gasteiger partial charge in [-0.2, -0.15) is 9.78 Å². The highest BCUT2D eigenvalue weighted by molar-refractivity contribution is 6.02. The van der Waals surface area contributed by atoms with E-state index in [2.05, 4.69) is 5.32 Å². The summed E-state index contributed by atoms with van der Waals surface area (Å²) in [5.41, 5.74) is 5.05. The number of hydrogen-bond acceptors (Lipinski definition) is 6. The maximum Gasteiger partial charge on any atom is 0.282 e. The Morgan fingerprint density at radius 1 is 0.933 bits per heavy atom. The molecule has 1 amide bonds. The van der Waals surface area contributed by atoms with Crippen LogP contribution in [0.2, 0.25) is 0 Å². The van der Waals surface area contributed by atoms with Crippen molar-refractivity contribution < 1.29 is 13.9 Å². The van der Waals surface area contributed by atoms with E-state index in [0.29, 0.717) is 28.0 Å². The van der Waals surface area contributed by atoms with Gasteiger partial charge in [0.15, 0.2) is 5.76 Å². The lowest BCUT2D eigenvalue weighted by atomic mass is 10.1. The van der Waals surface area contributed by atoms with E-state index < -0.39 is 0 Å². The van der Waals surface area contributed by atoms with Crippen molar-refractivity contribution in [3.63, 3.8) is 0 Å². The lowest BCUT2D eigenvalue weighted by Gasteiger charge is -2.11. The first kappa shape index (κ1) is 27.8. The lowest BCUT2D eigenvalue weighted by molar-refractivity contribution is -0.116. The number of nitrogens with one attached hydrogen (secondary N) is 1. The smallest absolute Gasteiger partial charge is 0.282 e. The number of hydrogen-bond donors (Lipinski definition) is 1. The molecule has 0 bridgehead atoms. The summed E-state index contributed by atoms with van der Waals surface area (Å²) >= 11 is 0. The van der Waals surface area contributed by atoms with Gasteiger partial charge in [-0.1, -0.05) is 54.6 Å². The third-order valence-electron chi connectivity index (χ3n) is 8.02. The molecule has 0 aliphatic rings. The average molecular weight is 596 g/mol. The van der Waals surface area contributed by atoms with Gasteiger partial charge in [-0.15, -0.1) is 0 Å². The molecule has 0 aliphatic carbocycles. The summed E-state index contributed by atoms with van der Waals surface area (Å²) in [6.45, 7) is 4.01. The van der Waals surface area contributed by atoms with Gasteiger partial charge in [0.05, 0.1) is 29.6 Å². The first-order valence-electron chi connectivity index (χ1n) is 14.5. The van der Waals surface area contributed by atoms with Gasteiger partial charge < -0.3 is 19.0 Å². The van der Waals surface area contributed by atoms with Crippen LogP contribution in [0.3, 0.4) is 0 Å². The Labute approximate surface area is 258 Å². The van der Waals surface area contributed by atoms with Crippen LogP contribution in [0.4, 0.5) is 5.69 Å². The van der Waals surface area contributed by atoms with Crippen LogP contribution in [-0.2, 0) is 11.3 Å². The van der Waals surface area contributed by atoms with Gasteiger partial charge in [0, 0.05) is 27.8 Å². The van der Waals surface area contributed by atoms with Crippen molar-refractivity contribution in [3.8, 4) is 17.3 Å². The summed E-state index contributed by atoms with van der Waals surface area (Å²) in [6.07, 6.45) is 1.65. The van der Waals surface area contributed by atoms with Crippen LogP contribution in [0.25, 0.3) is 44.4 Å². The van der Waals surface area contributed by atoms with Crippen LogP contribution in [0.5, 0.6) is 5.75 Å². The van der Waals surface area contributed by atoms with Crippen LogP contribution in [0.15, 0.2) is 111 Å². The Morgan fingerprint density at radius 3 is 2.51 bits per heavy atom. The number of para-hydroxylation sites is 3.